The quantitative estimate of drug-likeness (QED) is 0.227. The maximum Gasteiger partial charge on any atom is 0.412 e. The Bertz CT molecular complexity index is 1500. The van der Waals surface area contributed by atoms with E-state index in [0.717, 1.165) is 37.8 Å². The van der Waals surface area contributed by atoms with Gasteiger partial charge in [0, 0.05) is 27.9 Å². The van der Waals surface area contributed by atoms with Gasteiger partial charge in [-0.25, -0.2) is 9.59 Å². The third-order valence-corrected chi connectivity index (χ3v) is 6.75. The Labute approximate surface area is 232 Å². The second-order valence-corrected chi connectivity index (χ2v) is 11.3. The molecule has 2 heterocycles. The molecule has 2 aromatic carbocycles. The number of pyridine rings is 2. The smallest absolute Gasteiger partial charge is 0.412 e. The fraction of sp³-hybridized carbons (Fsp3) is 0.267. The van der Waals surface area contributed by atoms with Gasteiger partial charge in [-0.3, -0.25) is 15.3 Å². The lowest BCUT2D eigenvalue weighted by molar-refractivity contribution is 0.0598. The highest BCUT2D eigenvalue weighted by Crippen LogP contribution is 2.37. The molecular formula is C30H32N4O4S. The SMILES string of the molecule is COC(=O)c1ccc(Sc2ccc(NC(=O)OC(C)(C)C)cc2)c(Nc2ccnc3cc(C(C)C)cnc23)c1. The minimum Gasteiger partial charge on any atom is -0.465 e. The minimum atomic E-state index is -0.577. The van der Waals surface area contributed by atoms with Crippen molar-refractivity contribution in [1.29, 1.82) is 0 Å². The van der Waals surface area contributed by atoms with Gasteiger partial charge in [0.05, 0.1) is 29.6 Å². The number of rotatable bonds is 7. The van der Waals surface area contributed by atoms with Crippen molar-refractivity contribution in [3.8, 4) is 0 Å². The van der Waals surface area contributed by atoms with Crippen molar-refractivity contribution < 1.29 is 19.1 Å². The molecule has 39 heavy (non-hydrogen) atoms. The van der Waals surface area contributed by atoms with Crippen molar-refractivity contribution in [1.82, 2.24) is 9.97 Å². The largest absolute Gasteiger partial charge is 0.465 e. The number of hydrogen-bond donors (Lipinski definition) is 2. The van der Waals surface area contributed by atoms with Crippen LogP contribution >= 0.6 is 11.8 Å². The number of esters is 1. The highest BCUT2D eigenvalue weighted by Gasteiger charge is 2.17. The molecule has 1 amide bonds. The Balaban J connectivity index is 1.62. The summed E-state index contributed by atoms with van der Waals surface area (Å²) in [5, 5.41) is 6.20. The van der Waals surface area contributed by atoms with E-state index >= 15 is 0 Å². The van der Waals surface area contributed by atoms with E-state index in [4.69, 9.17) is 9.47 Å². The molecule has 4 rings (SSSR count). The number of fused-ring (bicyclic) bond motifs is 1. The molecule has 4 aromatic rings. The van der Waals surface area contributed by atoms with Crippen LogP contribution in [0, 0.1) is 0 Å². The summed E-state index contributed by atoms with van der Waals surface area (Å²) in [4.78, 5) is 35.4. The third kappa shape index (κ3) is 7.26. The highest BCUT2D eigenvalue weighted by atomic mass is 32.2. The molecule has 8 nitrogen and oxygen atoms in total. The molecule has 0 radical (unpaired) electrons. The van der Waals surface area contributed by atoms with E-state index in [1.54, 1.807) is 18.3 Å². The number of methoxy groups -OCH3 is 1. The summed E-state index contributed by atoms with van der Waals surface area (Å²) >= 11 is 1.52. The maximum atomic E-state index is 12.3. The zero-order valence-electron chi connectivity index (χ0n) is 22.9. The van der Waals surface area contributed by atoms with Crippen LogP contribution < -0.4 is 10.6 Å². The number of nitrogens with one attached hydrogen (secondary N) is 2. The maximum absolute atomic E-state index is 12.3. The summed E-state index contributed by atoms with van der Waals surface area (Å²) in [7, 11) is 1.36. The Morgan fingerprint density at radius 2 is 1.69 bits per heavy atom. The van der Waals surface area contributed by atoms with Gasteiger partial charge < -0.3 is 14.8 Å². The molecule has 0 aliphatic rings. The first-order valence-corrected chi connectivity index (χ1v) is 13.4. The number of anilines is 3. The summed E-state index contributed by atoms with van der Waals surface area (Å²) in [5.74, 6) is -0.0859. The van der Waals surface area contributed by atoms with Gasteiger partial charge in [-0.05, 0) is 86.8 Å². The van der Waals surface area contributed by atoms with Crippen molar-refractivity contribution >= 4 is 51.9 Å². The molecule has 0 saturated carbocycles. The fourth-order valence-corrected chi connectivity index (χ4v) is 4.61. The Morgan fingerprint density at radius 3 is 2.36 bits per heavy atom. The van der Waals surface area contributed by atoms with Gasteiger partial charge >= 0.3 is 12.1 Å². The van der Waals surface area contributed by atoms with E-state index in [9.17, 15) is 9.59 Å². The van der Waals surface area contributed by atoms with Crippen molar-refractivity contribution in [3.05, 3.63) is 78.1 Å². The predicted octanol–water partition coefficient (Wildman–Crippen LogP) is 7.78. The van der Waals surface area contributed by atoms with E-state index in [-0.39, 0.29) is 0 Å². The number of ether oxygens (including phenoxy) is 2. The van der Waals surface area contributed by atoms with E-state index in [1.165, 1.54) is 18.9 Å². The number of nitrogens with zero attached hydrogens (tertiary/aromatic N) is 2. The third-order valence-electron chi connectivity index (χ3n) is 5.66. The topological polar surface area (TPSA) is 102 Å². The molecular weight excluding hydrogens is 512 g/mol. The Kier molecular flexibility index (Phi) is 8.40. The number of benzene rings is 2. The summed E-state index contributed by atoms with van der Waals surface area (Å²) < 4.78 is 10.3. The zero-order valence-corrected chi connectivity index (χ0v) is 23.7. The predicted molar refractivity (Wildman–Crippen MR) is 155 cm³/mol. The van der Waals surface area contributed by atoms with Gasteiger partial charge in [-0.1, -0.05) is 25.6 Å². The number of aromatic nitrogens is 2. The molecule has 0 bridgehead atoms. The second kappa shape index (κ2) is 11.7. The first kappa shape index (κ1) is 27.9. The van der Waals surface area contributed by atoms with Gasteiger partial charge in [0.25, 0.3) is 0 Å². The minimum absolute atomic E-state index is 0.339. The van der Waals surface area contributed by atoms with Crippen LogP contribution in [0.3, 0.4) is 0 Å². The standard InChI is InChI=1S/C30H32N4O4S/c1-18(2)20-16-25-27(32-17-20)23(13-14-31-25)34-24-15-19(28(35)37-6)7-12-26(24)39-22-10-8-21(9-11-22)33-29(36)38-30(3,4)5/h7-18H,1-6H3,(H,31,34)(H,33,36). The van der Waals surface area contributed by atoms with E-state index < -0.39 is 17.7 Å². The van der Waals surface area contributed by atoms with Gasteiger partial charge in [0.1, 0.15) is 11.1 Å². The van der Waals surface area contributed by atoms with Crippen LogP contribution in [0.5, 0.6) is 0 Å². The fourth-order valence-electron chi connectivity index (χ4n) is 3.72. The summed E-state index contributed by atoms with van der Waals surface area (Å²) in [5.41, 5.74) is 4.61. The van der Waals surface area contributed by atoms with Gasteiger partial charge in [0.15, 0.2) is 0 Å². The number of amides is 1. The molecule has 2 aromatic heterocycles. The lowest BCUT2D eigenvalue weighted by Crippen LogP contribution is -2.27. The molecule has 0 aliphatic carbocycles. The lowest BCUT2D eigenvalue weighted by Gasteiger charge is -2.19. The van der Waals surface area contributed by atoms with Crippen LogP contribution in [0.4, 0.5) is 21.9 Å². The molecule has 0 spiro atoms. The average molecular weight is 545 g/mol. The first-order chi connectivity index (χ1) is 18.5. The molecule has 202 valence electrons. The van der Waals surface area contributed by atoms with Crippen LogP contribution in [0.2, 0.25) is 0 Å². The molecule has 0 atom stereocenters. The molecule has 0 unspecified atom stereocenters. The van der Waals surface area contributed by atoms with Crippen LogP contribution in [-0.2, 0) is 9.47 Å². The van der Waals surface area contributed by atoms with Crippen molar-refractivity contribution in [3.63, 3.8) is 0 Å². The van der Waals surface area contributed by atoms with E-state index in [2.05, 4.69) is 34.4 Å². The second-order valence-electron chi connectivity index (χ2n) is 10.2. The lowest BCUT2D eigenvalue weighted by atomic mass is 10.1. The zero-order chi connectivity index (χ0) is 28.2. The van der Waals surface area contributed by atoms with Crippen molar-refractivity contribution in [2.24, 2.45) is 0 Å². The van der Waals surface area contributed by atoms with Crippen molar-refractivity contribution in [2.75, 3.05) is 17.7 Å². The first-order valence-electron chi connectivity index (χ1n) is 12.5. The normalized spacial score (nSPS) is 11.4. The van der Waals surface area contributed by atoms with Gasteiger partial charge in [-0.15, -0.1) is 0 Å². The number of carbonyl (C=O) groups is 2. The van der Waals surface area contributed by atoms with Crippen LogP contribution in [0.25, 0.3) is 11.0 Å². The van der Waals surface area contributed by atoms with Crippen LogP contribution in [0.15, 0.2) is 76.8 Å². The Morgan fingerprint density at radius 1 is 0.949 bits per heavy atom. The van der Waals surface area contributed by atoms with Crippen molar-refractivity contribution in [2.45, 2.75) is 55.9 Å². The Hall–Kier alpha value is -4.11. The van der Waals surface area contributed by atoms with Gasteiger partial charge in [0.2, 0.25) is 0 Å². The summed E-state index contributed by atoms with van der Waals surface area (Å²) in [6.45, 7) is 9.69. The summed E-state index contributed by atoms with van der Waals surface area (Å²) in [6.07, 6.45) is 3.10. The molecule has 0 fully saturated rings. The number of hydrogen-bond acceptors (Lipinski definition) is 8. The molecule has 9 heteroatoms. The molecule has 0 aliphatic heterocycles. The van der Waals surface area contributed by atoms with Crippen LogP contribution in [0.1, 0.15) is 56.5 Å². The van der Waals surface area contributed by atoms with E-state index in [0.29, 0.717) is 17.2 Å². The van der Waals surface area contributed by atoms with Crippen LogP contribution in [-0.4, -0.2) is 34.7 Å². The molecule has 2 N–H and O–H groups in total. The highest BCUT2D eigenvalue weighted by molar-refractivity contribution is 7.99. The van der Waals surface area contributed by atoms with E-state index in [1.807, 2.05) is 69.4 Å². The van der Waals surface area contributed by atoms with Gasteiger partial charge in [-0.2, -0.15) is 0 Å². The number of carbonyl (C=O) groups excluding carboxylic acids is 2. The molecule has 0 saturated heterocycles. The monoisotopic (exact) mass is 544 g/mol. The summed E-state index contributed by atoms with van der Waals surface area (Å²) in [6, 6.07) is 16.7. The average Bonchev–Trinajstić information content (AvgIpc) is 2.89.